The zero-order valence-corrected chi connectivity index (χ0v) is 25.8. The molecule has 0 aromatic carbocycles. The van der Waals surface area contributed by atoms with E-state index in [1.54, 1.807) is 0 Å². The number of phosphoric ester groups is 1. The first-order chi connectivity index (χ1) is 17.3. The maximum atomic E-state index is 13.1. The monoisotopic (exact) mass is 533 g/mol. The van der Waals surface area contributed by atoms with Crippen LogP contribution in [0.5, 0.6) is 0 Å². The maximum absolute atomic E-state index is 13.1. The molecule has 0 amide bonds. The first kappa shape index (κ1) is 36.1. The minimum atomic E-state index is -3.61. The van der Waals surface area contributed by atoms with Crippen LogP contribution in [0.25, 0.3) is 0 Å². The standard InChI is InChI=1S/C30H64NO4P/c1-6-7-8-9-10-11-12-13-14-15-16-17-18-19-20-25-30(31)35-36(32,33-26-21-23-28(2)3)34-27-22-24-29(4)5/h28-30H,6-27,31H2,1-5H3. The summed E-state index contributed by atoms with van der Waals surface area (Å²) in [5.74, 6) is 1.18. The van der Waals surface area contributed by atoms with Crippen LogP contribution in [0.15, 0.2) is 0 Å². The molecule has 6 heteroatoms. The van der Waals surface area contributed by atoms with Gasteiger partial charge in [0, 0.05) is 0 Å². The first-order valence-corrected chi connectivity index (χ1v) is 17.1. The lowest BCUT2D eigenvalue weighted by molar-refractivity contribution is 0.0728. The zero-order valence-electron chi connectivity index (χ0n) is 24.9. The Balaban J connectivity index is 3.90. The normalized spacial score (nSPS) is 13.2. The molecule has 218 valence electrons. The van der Waals surface area contributed by atoms with Crippen LogP contribution in [0.1, 0.15) is 163 Å². The molecule has 1 atom stereocenters. The van der Waals surface area contributed by atoms with Gasteiger partial charge < -0.3 is 5.73 Å². The summed E-state index contributed by atoms with van der Waals surface area (Å²) >= 11 is 0. The molecule has 0 saturated heterocycles. The molecule has 0 aliphatic carbocycles. The highest BCUT2D eigenvalue weighted by Crippen LogP contribution is 2.50. The van der Waals surface area contributed by atoms with Gasteiger partial charge in [0.25, 0.3) is 0 Å². The molecule has 0 aromatic heterocycles. The third-order valence-corrected chi connectivity index (χ3v) is 8.23. The summed E-state index contributed by atoms with van der Waals surface area (Å²) in [7, 11) is -3.61. The fourth-order valence-electron chi connectivity index (χ4n) is 4.37. The molecule has 0 rings (SSSR count). The molecule has 0 aliphatic rings. The Kier molecular flexibility index (Phi) is 25.4. The molecular weight excluding hydrogens is 469 g/mol. The number of unbranched alkanes of at least 4 members (excludes halogenated alkanes) is 14. The van der Waals surface area contributed by atoms with E-state index in [4.69, 9.17) is 19.3 Å². The second-order valence-electron chi connectivity index (χ2n) is 11.6. The number of rotatable bonds is 28. The second-order valence-corrected chi connectivity index (χ2v) is 13.2. The fraction of sp³-hybridized carbons (Fsp3) is 1.00. The van der Waals surface area contributed by atoms with Gasteiger partial charge in [-0.3, -0.25) is 13.6 Å². The summed E-state index contributed by atoms with van der Waals surface area (Å²) in [6.45, 7) is 11.7. The minimum absolute atomic E-state index is 0.380. The van der Waals surface area contributed by atoms with Crippen molar-refractivity contribution in [2.45, 2.75) is 169 Å². The lowest BCUT2D eigenvalue weighted by atomic mass is 10.0. The van der Waals surface area contributed by atoms with Gasteiger partial charge in [-0.05, 0) is 50.4 Å². The summed E-state index contributed by atoms with van der Waals surface area (Å²) in [6, 6.07) is 0. The van der Waals surface area contributed by atoms with Crippen LogP contribution in [0.4, 0.5) is 0 Å². The molecule has 1 unspecified atom stereocenters. The molecule has 0 bridgehead atoms. The van der Waals surface area contributed by atoms with Gasteiger partial charge in [0.1, 0.15) is 6.23 Å². The van der Waals surface area contributed by atoms with Crippen molar-refractivity contribution in [3.8, 4) is 0 Å². The van der Waals surface area contributed by atoms with Crippen molar-refractivity contribution in [3.63, 3.8) is 0 Å². The van der Waals surface area contributed by atoms with Crippen LogP contribution in [0.3, 0.4) is 0 Å². The molecule has 0 aromatic rings. The van der Waals surface area contributed by atoms with E-state index in [1.165, 1.54) is 83.5 Å². The summed E-state index contributed by atoms with van der Waals surface area (Å²) in [5, 5.41) is 0. The quantitative estimate of drug-likeness (QED) is 0.0615. The van der Waals surface area contributed by atoms with Gasteiger partial charge in [-0.25, -0.2) is 4.57 Å². The Bertz CT molecular complexity index is 481. The van der Waals surface area contributed by atoms with E-state index in [0.717, 1.165) is 38.5 Å². The molecule has 0 spiro atoms. The Morgan fingerprint density at radius 1 is 0.556 bits per heavy atom. The van der Waals surface area contributed by atoms with Crippen LogP contribution in [-0.4, -0.2) is 19.4 Å². The van der Waals surface area contributed by atoms with Crippen LogP contribution in [-0.2, 0) is 18.1 Å². The van der Waals surface area contributed by atoms with E-state index in [1.807, 2.05) is 0 Å². The molecule has 0 radical (unpaired) electrons. The van der Waals surface area contributed by atoms with E-state index in [9.17, 15) is 4.57 Å². The fourth-order valence-corrected chi connectivity index (χ4v) is 5.71. The van der Waals surface area contributed by atoms with E-state index < -0.39 is 14.1 Å². The summed E-state index contributed by atoms with van der Waals surface area (Å²) < 4.78 is 30.0. The Labute approximate surface area is 226 Å². The van der Waals surface area contributed by atoms with Gasteiger partial charge in [0.15, 0.2) is 0 Å². The average Bonchev–Trinajstić information content (AvgIpc) is 2.82. The maximum Gasteiger partial charge on any atom is 0.476 e. The van der Waals surface area contributed by atoms with Gasteiger partial charge >= 0.3 is 7.82 Å². The summed E-state index contributed by atoms with van der Waals surface area (Å²) in [6.07, 6.45) is 23.8. The number of nitrogens with two attached hydrogens (primary N) is 1. The molecule has 0 aliphatic heterocycles. The molecular formula is C30H64NO4P. The predicted octanol–water partition coefficient (Wildman–Crippen LogP) is 10.6. The van der Waals surface area contributed by atoms with Crippen LogP contribution < -0.4 is 5.73 Å². The highest BCUT2D eigenvalue weighted by Gasteiger charge is 2.29. The second kappa shape index (κ2) is 25.4. The third-order valence-electron chi connectivity index (χ3n) is 6.71. The topological polar surface area (TPSA) is 70.8 Å². The third kappa shape index (κ3) is 25.7. The van der Waals surface area contributed by atoms with Gasteiger partial charge in [-0.15, -0.1) is 0 Å². The lowest BCUT2D eigenvalue weighted by Gasteiger charge is -2.22. The summed E-state index contributed by atoms with van der Waals surface area (Å²) in [4.78, 5) is 0. The zero-order chi connectivity index (χ0) is 26.9. The SMILES string of the molecule is CCCCCCCCCCCCCCCCCC(N)OP(=O)(OCCCC(C)C)OCCCC(C)C. The minimum Gasteiger partial charge on any atom is -0.306 e. The van der Waals surface area contributed by atoms with Crippen molar-refractivity contribution in [2.75, 3.05) is 13.2 Å². The highest BCUT2D eigenvalue weighted by atomic mass is 31.2. The van der Waals surface area contributed by atoms with Gasteiger partial charge in [0.05, 0.1) is 13.2 Å². The first-order valence-electron chi connectivity index (χ1n) is 15.6. The smallest absolute Gasteiger partial charge is 0.306 e. The van der Waals surface area contributed by atoms with Crippen LogP contribution in [0.2, 0.25) is 0 Å². The number of phosphoric acid groups is 1. The highest BCUT2D eigenvalue weighted by molar-refractivity contribution is 7.48. The lowest BCUT2D eigenvalue weighted by Crippen LogP contribution is -2.23. The Hall–Kier alpha value is 0.0700. The van der Waals surface area contributed by atoms with E-state index >= 15 is 0 Å². The Morgan fingerprint density at radius 3 is 1.28 bits per heavy atom. The average molecular weight is 534 g/mol. The summed E-state index contributed by atoms with van der Waals surface area (Å²) in [5.41, 5.74) is 6.16. The van der Waals surface area contributed by atoms with Crippen molar-refractivity contribution in [3.05, 3.63) is 0 Å². The molecule has 0 heterocycles. The van der Waals surface area contributed by atoms with E-state index in [-0.39, 0.29) is 0 Å². The van der Waals surface area contributed by atoms with Gasteiger partial charge in [-0.2, -0.15) is 0 Å². The molecule has 0 fully saturated rings. The van der Waals surface area contributed by atoms with Gasteiger partial charge in [-0.1, -0.05) is 125 Å². The number of hydrogen-bond donors (Lipinski definition) is 1. The van der Waals surface area contributed by atoms with E-state index in [0.29, 0.717) is 31.5 Å². The predicted molar refractivity (Wildman–Crippen MR) is 156 cm³/mol. The molecule has 2 N–H and O–H groups in total. The van der Waals surface area contributed by atoms with Gasteiger partial charge in [0.2, 0.25) is 0 Å². The van der Waals surface area contributed by atoms with Crippen molar-refractivity contribution in [1.29, 1.82) is 0 Å². The van der Waals surface area contributed by atoms with E-state index in [2.05, 4.69) is 34.6 Å². The molecule has 0 saturated carbocycles. The number of hydrogen-bond acceptors (Lipinski definition) is 5. The van der Waals surface area contributed by atoms with Crippen molar-refractivity contribution >= 4 is 7.82 Å². The van der Waals surface area contributed by atoms with Crippen molar-refractivity contribution in [2.24, 2.45) is 17.6 Å². The molecule has 36 heavy (non-hydrogen) atoms. The van der Waals surface area contributed by atoms with Crippen LogP contribution >= 0.6 is 7.82 Å². The van der Waals surface area contributed by atoms with Crippen LogP contribution in [0, 0.1) is 11.8 Å². The van der Waals surface area contributed by atoms with Crippen molar-refractivity contribution in [1.82, 2.24) is 0 Å². The van der Waals surface area contributed by atoms with Crippen molar-refractivity contribution < 1.29 is 18.1 Å². The largest absolute Gasteiger partial charge is 0.476 e. The molecule has 5 nitrogen and oxygen atoms in total. The Morgan fingerprint density at radius 2 is 0.917 bits per heavy atom.